The highest BCUT2D eigenvalue weighted by molar-refractivity contribution is 6.38. The van der Waals surface area contributed by atoms with Gasteiger partial charge in [-0.1, -0.05) is 117 Å². The molecule has 56 heavy (non-hydrogen) atoms. The van der Waals surface area contributed by atoms with Crippen LogP contribution in [-0.4, -0.2) is 59.8 Å². The number of amides is 4. The van der Waals surface area contributed by atoms with Crippen molar-refractivity contribution in [1.82, 2.24) is 16.0 Å². The Morgan fingerprint density at radius 2 is 1.29 bits per heavy atom. The molecule has 0 aromatic heterocycles. The lowest BCUT2D eigenvalue weighted by Gasteiger charge is -2.23. The van der Waals surface area contributed by atoms with Crippen molar-refractivity contribution in [3.8, 4) is 0 Å². The Labute approximate surface area is 326 Å². The van der Waals surface area contributed by atoms with Crippen LogP contribution in [-0.2, 0) is 53.0 Å². The van der Waals surface area contributed by atoms with E-state index in [1.165, 1.54) is 6.92 Å². The van der Waals surface area contributed by atoms with Crippen molar-refractivity contribution >= 4 is 51.9 Å². The molecule has 0 bridgehead atoms. The lowest BCUT2D eigenvalue weighted by molar-refractivity contribution is -0.141. The summed E-state index contributed by atoms with van der Waals surface area (Å²) >= 11 is 0. The Morgan fingerprint density at radius 1 is 0.661 bits per heavy atom. The molecule has 4 atom stereocenters. The van der Waals surface area contributed by atoms with E-state index >= 15 is 0 Å². The van der Waals surface area contributed by atoms with Crippen LogP contribution < -0.4 is 21.7 Å². The fraction of sp³-hybridized carbons (Fsp3) is 0.341. The van der Waals surface area contributed by atoms with Gasteiger partial charge < -0.3 is 26.4 Å². The number of Topliss-reactive ketones (excluding diaryl/α,β-unsaturated/α-hetero) is 3. The zero-order valence-electron chi connectivity index (χ0n) is 32.0. The minimum atomic E-state index is -1.28. The number of primary amides is 1. The number of carbonyl (C=O) groups excluding carboxylic acids is 7. The number of nitrogens with two attached hydrogens (primary N) is 1. The predicted octanol–water partition coefficient (Wildman–Crippen LogP) is 4.79. The van der Waals surface area contributed by atoms with E-state index in [4.69, 9.17) is 10.5 Å². The maximum Gasteiger partial charge on any atom is 0.408 e. The van der Waals surface area contributed by atoms with Gasteiger partial charge in [0.15, 0.2) is 11.6 Å². The molecule has 1 unspecified atom stereocenters. The molecule has 0 radical (unpaired) electrons. The van der Waals surface area contributed by atoms with E-state index in [2.05, 4.69) is 16.0 Å². The molecule has 4 amide bonds. The summed E-state index contributed by atoms with van der Waals surface area (Å²) in [6.45, 7) is 4.60. The van der Waals surface area contributed by atoms with Gasteiger partial charge in [0.05, 0.1) is 18.6 Å². The maximum atomic E-state index is 13.8. The Balaban J connectivity index is 1.32. The molecule has 0 spiro atoms. The number of ether oxygens (including phenoxy) is 1. The molecule has 4 aromatic rings. The summed E-state index contributed by atoms with van der Waals surface area (Å²) in [6, 6.07) is 29.4. The van der Waals surface area contributed by atoms with Crippen molar-refractivity contribution in [3.63, 3.8) is 0 Å². The van der Waals surface area contributed by atoms with Crippen molar-refractivity contribution in [1.29, 1.82) is 0 Å². The maximum absolute atomic E-state index is 13.8. The zero-order valence-corrected chi connectivity index (χ0v) is 32.0. The summed E-state index contributed by atoms with van der Waals surface area (Å²) in [5.74, 6) is -5.97. The van der Waals surface area contributed by atoms with Gasteiger partial charge in [-0.2, -0.15) is 0 Å². The van der Waals surface area contributed by atoms with Gasteiger partial charge in [-0.25, -0.2) is 4.79 Å². The summed E-state index contributed by atoms with van der Waals surface area (Å²) < 4.78 is 5.37. The van der Waals surface area contributed by atoms with Crippen molar-refractivity contribution in [2.24, 2.45) is 23.5 Å². The Hall–Kier alpha value is -6.17. The van der Waals surface area contributed by atoms with Crippen molar-refractivity contribution in [2.45, 2.75) is 71.6 Å². The number of rotatable bonds is 21. The third-order valence-corrected chi connectivity index (χ3v) is 9.34. The van der Waals surface area contributed by atoms with E-state index in [0.29, 0.717) is 0 Å². The molecule has 0 aliphatic heterocycles. The predicted molar refractivity (Wildman–Crippen MR) is 212 cm³/mol. The third-order valence-electron chi connectivity index (χ3n) is 9.34. The molecule has 0 saturated carbocycles. The third kappa shape index (κ3) is 13.6. The molecule has 12 nitrogen and oxygen atoms in total. The first-order valence-electron chi connectivity index (χ1n) is 18.7. The average molecular weight is 763 g/mol. The van der Waals surface area contributed by atoms with Crippen molar-refractivity contribution in [2.75, 3.05) is 6.54 Å². The topological polar surface area (TPSA) is 191 Å². The Kier molecular flexibility index (Phi) is 16.0. The molecule has 4 aromatic carbocycles. The van der Waals surface area contributed by atoms with Gasteiger partial charge in [-0.05, 0) is 59.6 Å². The molecule has 0 aliphatic carbocycles. The summed E-state index contributed by atoms with van der Waals surface area (Å²) in [6.07, 6.45) is -0.597. The lowest BCUT2D eigenvalue weighted by atomic mass is 9.88. The van der Waals surface area contributed by atoms with Crippen LogP contribution in [0.15, 0.2) is 103 Å². The number of alkyl carbamates (subject to hydrolysis) is 1. The van der Waals surface area contributed by atoms with Crippen LogP contribution in [0.5, 0.6) is 0 Å². The summed E-state index contributed by atoms with van der Waals surface area (Å²) in [4.78, 5) is 90.9. The van der Waals surface area contributed by atoms with Crippen LogP contribution in [0.1, 0.15) is 56.7 Å². The summed E-state index contributed by atoms with van der Waals surface area (Å²) in [5, 5.41) is 9.52. The second-order valence-corrected chi connectivity index (χ2v) is 14.5. The smallest absolute Gasteiger partial charge is 0.408 e. The largest absolute Gasteiger partial charge is 0.445 e. The lowest BCUT2D eigenvalue weighted by Crippen LogP contribution is -2.49. The number of fused-ring (bicyclic) bond motifs is 1. The fourth-order valence-corrected chi connectivity index (χ4v) is 6.37. The molecule has 0 fully saturated rings. The van der Waals surface area contributed by atoms with Gasteiger partial charge in [-0.15, -0.1) is 0 Å². The van der Waals surface area contributed by atoms with E-state index in [-0.39, 0.29) is 44.6 Å². The standard InChI is InChI=1S/C44H50N4O8/c1-28(2)20-36(25-39(50)38(23-30-12-6-4-7-13-30)48-44(55)56-27-31-14-8-5-9-15-31)42(53)47-29(3)40(51)43(54)46-26-37(49)24-35(41(45)52)22-32-18-19-33-16-10-11-17-34(33)21-32/h4-19,21,28-29,35-36,38H,20,22-27H2,1-3H3,(H2,45,52)(H,46,54)(H,47,53)(H,48,55)/t29?,35-,36-,38+/m1/s1. The van der Waals surface area contributed by atoms with Crippen molar-refractivity contribution in [3.05, 3.63) is 120 Å². The molecule has 4 rings (SSSR count). The van der Waals surface area contributed by atoms with Crippen LogP contribution >= 0.6 is 0 Å². The average Bonchev–Trinajstić information content (AvgIpc) is 3.18. The highest BCUT2D eigenvalue weighted by Gasteiger charge is 2.32. The number of hydrogen-bond donors (Lipinski definition) is 4. The molecule has 294 valence electrons. The first kappa shape index (κ1) is 42.6. The van der Waals surface area contributed by atoms with Crippen LogP contribution in [0.4, 0.5) is 4.79 Å². The second-order valence-electron chi connectivity index (χ2n) is 14.5. The van der Waals surface area contributed by atoms with Gasteiger partial charge in [-0.3, -0.25) is 28.8 Å². The SMILES string of the molecule is CC(C)C[C@H](CC(=O)[C@H](Cc1ccccc1)NC(=O)OCc1ccccc1)C(=O)NC(C)C(=O)C(=O)NCC(=O)C[C@@H](Cc1ccc2ccccc2c1)C(N)=O. The summed E-state index contributed by atoms with van der Waals surface area (Å²) in [7, 11) is 0. The summed E-state index contributed by atoms with van der Waals surface area (Å²) in [5.41, 5.74) is 8.00. The second kappa shape index (κ2) is 21.1. The van der Waals surface area contributed by atoms with Gasteiger partial charge >= 0.3 is 6.09 Å². The normalized spacial score (nSPS) is 13.1. The highest BCUT2D eigenvalue weighted by atomic mass is 16.5. The first-order chi connectivity index (χ1) is 26.8. The van der Waals surface area contributed by atoms with E-state index in [1.54, 1.807) is 12.1 Å². The van der Waals surface area contributed by atoms with Gasteiger partial charge in [0.25, 0.3) is 5.91 Å². The van der Waals surface area contributed by atoms with Crippen LogP contribution in [0, 0.1) is 17.8 Å². The molecule has 0 saturated heterocycles. The van der Waals surface area contributed by atoms with E-state index in [9.17, 15) is 33.6 Å². The fourth-order valence-electron chi connectivity index (χ4n) is 6.37. The Bertz CT molecular complexity index is 2000. The van der Waals surface area contributed by atoms with Crippen molar-refractivity contribution < 1.29 is 38.3 Å². The molecular weight excluding hydrogens is 713 g/mol. The Morgan fingerprint density at radius 3 is 1.93 bits per heavy atom. The first-order valence-corrected chi connectivity index (χ1v) is 18.7. The molecular formula is C44H50N4O8. The van der Waals surface area contributed by atoms with Gasteiger partial charge in [0.2, 0.25) is 17.6 Å². The van der Waals surface area contributed by atoms with E-state index in [0.717, 1.165) is 27.5 Å². The van der Waals surface area contributed by atoms with Gasteiger partial charge in [0.1, 0.15) is 6.61 Å². The van der Waals surface area contributed by atoms with Crippen LogP contribution in [0.3, 0.4) is 0 Å². The number of nitrogens with one attached hydrogen (secondary N) is 3. The number of benzene rings is 4. The molecule has 5 N–H and O–H groups in total. The molecule has 12 heteroatoms. The van der Waals surface area contributed by atoms with E-state index < -0.39 is 71.6 Å². The van der Waals surface area contributed by atoms with Crippen LogP contribution in [0.25, 0.3) is 10.8 Å². The minimum Gasteiger partial charge on any atom is -0.445 e. The number of hydrogen-bond acceptors (Lipinski definition) is 8. The number of ketones is 3. The monoisotopic (exact) mass is 762 g/mol. The van der Waals surface area contributed by atoms with Crippen LogP contribution in [0.2, 0.25) is 0 Å². The van der Waals surface area contributed by atoms with Gasteiger partial charge in [0, 0.05) is 24.7 Å². The van der Waals surface area contributed by atoms with E-state index in [1.807, 2.05) is 105 Å². The zero-order chi connectivity index (χ0) is 40.6. The number of carbonyl (C=O) groups is 7. The molecule has 0 heterocycles. The quantitative estimate of drug-likeness (QED) is 0.0872. The minimum absolute atomic E-state index is 0.00489. The molecule has 0 aliphatic rings. The highest BCUT2D eigenvalue weighted by Crippen LogP contribution is 2.21.